The Hall–Kier alpha value is -0.870. The number of fused-ring (bicyclic) bond motifs is 1. The molecule has 0 radical (unpaired) electrons. The van der Waals surface area contributed by atoms with Gasteiger partial charge in [-0.15, -0.1) is 0 Å². The van der Waals surface area contributed by atoms with Crippen LogP contribution in [-0.2, 0) is 10.8 Å². The lowest BCUT2D eigenvalue weighted by Crippen LogP contribution is -2.36. The lowest BCUT2D eigenvalue weighted by molar-refractivity contribution is 0.407. The van der Waals surface area contributed by atoms with Gasteiger partial charge in [-0.1, -0.05) is 13.8 Å². The summed E-state index contributed by atoms with van der Waals surface area (Å²) in [5.74, 6) is 0.994. The largest absolute Gasteiger partial charge is 0.497 e. The second-order valence-corrected chi connectivity index (χ2v) is 6.07. The first-order valence-corrected chi connectivity index (χ1v) is 6.61. The van der Waals surface area contributed by atoms with Gasteiger partial charge in [0.1, 0.15) is 5.75 Å². The first kappa shape index (κ1) is 11.6. The Bertz CT molecular complexity index is 433. The summed E-state index contributed by atoms with van der Waals surface area (Å²) in [6.45, 7) is 4.05. The molecule has 1 aromatic carbocycles. The van der Waals surface area contributed by atoms with Gasteiger partial charge in [0.15, 0.2) is 0 Å². The van der Waals surface area contributed by atoms with E-state index in [0.717, 1.165) is 16.2 Å². The fraction of sp³-hybridized carbons (Fsp3) is 0.500. The van der Waals surface area contributed by atoms with Gasteiger partial charge in [0.05, 0.1) is 17.9 Å². The lowest BCUT2D eigenvalue weighted by Gasteiger charge is -2.33. The van der Waals surface area contributed by atoms with Crippen molar-refractivity contribution in [2.75, 3.05) is 7.11 Å². The molecule has 88 valence electrons. The van der Waals surface area contributed by atoms with Crippen LogP contribution in [0.4, 0.5) is 0 Å². The smallest absolute Gasteiger partial charge is 0.119 e. The summed E-state index contributed by atoms with van der Waals surface area (Å²) in [5, 5.41) is 0.107. The van der Waals surface area contributed by atoms with Crippen molar-refractivity contribution < 1.29 is 8.95 Å². The molecule has 4 unspecified atom stereocenters. The van der Waals surface area contributed by atoms with E-state index in [9.17, 15) is 4.21 Å². The van der Waals surface area contributed by atoms with Gasteiger partial charge in [0.25, 0.3) is 0 Å². The van der Waals surface area contributed by atoms with Crippen LogP contribution in [0.15, 0.2) is 23.1 Å². The van der Waals surface area contributed by atoms with Gasteiger partial charge in [-0.05, 0) is 29.7 Å². The van der Waals surface area contributed by atoms with E-state index in [4.69, 9.17) is 10.5 Å². The van der Waals surface area contributed by atoms with Gasteiger partial charge < -0.3 is 10.5 Å². The number of hydrogen-bond acceptors (Lipinski definition) is 3. The predicted molar refractivity (Wildman–Crippen MR) is 65.0 cm³/mol. The minimum Gasteiger partial charge on any atom is -0.497 e. The molecule has 4 heteroatoms. The third-order valence-electron chi connectivity index (χ3n) is 3.44. The van der Waals surface area contributed by atoms with E-state index in [0.29, 0.717) is 0 Å². The van der Waals surface area contributed by atoms with Crippen LogP contribution in [0.2, 0.25) is 0 Å². The third kappa shape index (κ3) is 1.66. The molecule has 0 aromatic heterocycles. The van der Waals surface area contributed by atoms with Crippen molar-refractivity contribution in [1.29, 1.82) is 0 Å². The summed E-state index contributed by atoms with van der Waals surface area (Å²) in [5.41, 5.74) is 7.14. The average Bonchev–Trinajstić information content (AvgIpc) is 2.33. The number of methoxy groups -OCH3 is 1. The van der Waals surface area contributed by atoms with Crippen molar-refractivity contribution in [3.05, 3.63) is 23.8 Å². The molecule has 3 nitrogen and oxygen atoms in total. The number of rotatable bonds is 1. The highest BCUT2D eigenvalue weighted by molar-refractivity contribution is 7.85. The Morgan fingerprint density at radius 2 is 2.06 bits per heavy atom. The van der Waals surface area contributed by atoms with Crippen LogP contribution in [0.3, 0.4) is 0 Å². The molecular weight excluding hydrogens is 222 g/mol. The van der Waals surface area contributed by atoms with Crippen molar-refractivity contribution in [2.45, 2.75) is 30.0 Å². The molecule has 0 fully saturated rings. The van der Waals surface area contributed by atoms with Crippen LogP contribution in [0.25, 0.3) is 0 Å². The minimum absolute atomic E-state index is 0.0576. The van der Waals surface area contributed by atoms with Crippen LogP contribution in [0.5, 0.6) is 5.75 Å². The third-order valence-corrected chi connectivity index (χ3v) is 5.35. The van der Waals surface area contributed by atoms with E-state index in [1.165, 1.54) is 0 Å². The molecule has 1 aromatic rings. The molecule has 0 saturated heterocycles. The summed E-state index contributed by atoms with van der Waals surface area (Å²) in [6.07, 6.45) is 0. The SMILES string of the molecule is COc1ccc2c(c1)C(N)C(C)C(C)S2=O. The quantitative estimate of drug-likeness (QED) is 0.813. The molecule has 0 spiro atoms. The normalized spacial score (nSPS) is 33.2. The maximum Gasteiger partial charge on any atom is 0.119 e. The highest BCUT2D eigenvalue weighted by Gasteiger charge is 2.34. The zero-order valence-corrected chi connectivity index (χ0v) is 10.6. The standard InChI is InChI=1S/C12H17NO2S/c1-7-8(2)16(14)11-5-4-9(15-3)6-10(11)12(7)13/h4-8,12H,13H2,1-3H3. The van der Waals surface area contributed by atoms with Crippen LogP contribution >= 0.6 is 0 Å². The molecule has 2 rings (SSSR count). The van der Waals surface area contributed by atoms with Crippen LogP contribution in [0.1, 0.15) is 25.5 Å². The van der Waals surface area contributed by atoms with Crippen molar-refractivity contribution in [2.24, 2.45) is 11.7 Å². The Morgan fingerprint density at radius 3 is 2.69 bits per heavy atom. The highest BCUT2D eigenvalue weighted by Crippen LogP contribution is 2.38. The Kier molecular flexibility index (Phi) is 3.04. The van der Waals surface area contributed by atoms with Gasteiger partial charge >= 0.3 is 0 Å². The molecule has 0 bridgehead atoms. The summed E-state index contributed by atoms with van der Waals surface area (Å²) in [6, 6.07) is 5.55. The van der Waals surface area contributed by atoms with Crippen molar-refractivity contribution in [1.82, 2.24) is 0 Å². The van der Waals surface area contributed by atoms with Crippen molar-refractivity contribution >= 4 is 10.8 Å². The lowest BCUT2D eigenvalue weighted by atomic mass is 9.92. The number of nitrogens with two attached hydrogens (primary N) is 1. The molecule has 0 amide bonds. The Balaban J connectivity index is 2.54. The summed E-state index contributed by atoms with van der Waals surface area (Å²) in [4.78, 5) is 0.860. The second-order valence-electron chi connectivity index (χ2n) is 4.29. The minimum atomic E-state index is -0.956. The monoisotopic (exact) mass is 239 g/mol. The maximum atomic E-state index is 12.2. The molecule has 2 N–H and O–H groups in total. The average molecular weight is 239 g/mol. The molecule has 0 saturated carbocycles. The Morgan fingerprint density at radius 1 is 1.38 bits per heavy atom. The van der Waals surface area contributed by atoms with Gasteiger partial charge in [-0.3, -0.25) is 4.21 Å². The molecule has 1 aliphatic rings. The second kappa shape index (κ2) is 4.18. The zero-order chi connectivity index (χ0) is 11.9. The maximum absolute atomic E-state index is 12.2. The predicted octanol–water partition coefficient (Wildman–Crippen LogP) is 1.84. The first-order chi connectivity index (χ1) is 7.56. The topological polar surface area (TPSA) is 52.3 Å². The van der Waals surface area contributed by atoms with Crippen LogP contribution < -0.4 is 10.5 Å². The molecule has 1 heterocycles. The van der Waals surface area contributed by atoms with E-state index in [1.807, 2.05) is 25.1 Å². The molecule has 0 aliphatic carbocycles. The number of hydrogen-bond donors (Lipinski definition) is 1. The molecule has 1 aliphatic heterocycles. The van der Waals surface area contributed by atoms with E-state index in [-0.39, 0.29) is 17.2 Å². The fourth-order valence-electron chi connectivity index (χ4n) is 2.07. The fourth-order valence-corrected chi connectivity index (χ4v) is 3.66. The number of ether oxygens (including phenoxy) is 1. The van der Waals surface area contributed by atoms with Crippen LogP contribution in [-0.4, -0.2) is 16.6 Å². The van der Waals surface area contributed by atoms with E-state index in [1.54, 1.807) is 7.11 Å². The van der Waals surface area contributed by atoms with Gasteiger partial charge in [-0.2, -0.15) is 0 Å². The number of benzene rings is 1. The van der Waals surface area contributed by atoms with Crippen LogP contribution in [0, 0.1) is 5.92 Å². The molecular formula is C12H17NO2S. The van der Waals surface area contributed by atoms with E-state index >= 15 is 0 Å². The van der Waals surface area contributed by atoms with Crippen molar-refractivity contribution in [3.8, 4) is 5.75 Å². The van der Waals surface area contributed by atoms with E-state index in [2.05, 4.69) is 6.92 Å². The van der Waals surface area contributed by atoms with Gasteiger partial charge in [0.2, 0.25) is 0 Å². The summed E-state index contributed by atoms with van der Waals surface area (Å²) >= 11 is 0. The van der Waals surface area contributed by atoms with E-state index < -0.39 is 10.8 Å². The molecule has 4 atom stereocenters. The Labute approximate surface area is 98.4 Å². The summed E-state index contributed by atoms with van der Waals surface area (Å²) < 4.78 is 17.4. The first-order valence-electron chi connectivity index (χ1n) is 5.40. The van der Waals surface area contributed by atoms with Gasteiger partial charge in [0, 0.05) is 16.2 Å². The van der Waals surface area contributed by atoms with Crippen molar-refractivity contribution in [3.63, 3.8) is 0 Å². The highest BCUT2D eigenvalue weighted by atomic mass is 32.2. The van der Waals surface area contributed by atoms with Gasteiger partial charge in [-0.25, -0.2) is 0 Å². The zero-order valence-electron chi connectivity index (χ0n) is 9.77. The summed E-state index contributed by atoms with van der Waals surface area (Å²) in [7, 11) is 0.668. The molecule has 16 heavy (non-hydrogen) atoms.